The first-order valence-electron chi connectivity index (χ1n) is 9.71. The van der Waals surface area contributed by atoms with Crippen LogP contribution in [-0.4, -0.2) is 79.2 Å². The van der Waals surface area contributed by atoms with Crippen LogP contribution in [0.4, 0.5) is 5.13 Å². The van der Waals surface area contributed by atoms with Crippen molar-refractivity contribution in [3.05, 3.63) is 49.1 Å². The molecule has 148 valence electrons. The second-order valence-corrected chi connectivity index (χ2v) is 8.08. The summed E-state index contributed by atoms with van der Waals surface area (Å²) in [5, 5.41) is 1.03. The molecule has 0 saturated carbocycles. The molecule has 0 aliphatic carbocycles. The standard InChI is InChI=1S/C21H26N4O2S/c1-3-17(4-2)23-7-9-25(10-8-23)21-22-18-6-5-16(15-19(18)28-21)20(26)24-11-13-27-14-12-24/h3-6,15,17H,1-2,7-14H2. The first-order valence-corrected chi connectivity index (χ1v) is 10.5. The van der Waals surface area contributed by atoms with E-state index in [4.69, 9.17) is 9.72 Å². The number of ether oxygens (including phenoxy) is 1. The summed E-state index contributed by atoms with van der Waals surface area (Å²) in [6, 6.07) is 6.06. The number of carbonyl (C=O) groups excluding carboxylic acids is 1. The highest BCUT2D eigenvalue weighted by atomic mass is 32.1. The molecule has 2 aromatic rings. The van der Waals surface area contributed by atoms with Crippen LogP contribution in [0.5, 0.6) is 0 Å². The van der Waals surface area contributed by atoms with E-state index in [9.17, 15) is 4.79 Å². The van der Waals surface area contributed by atoms with Crippen molar-refractivity contribution in [2.24, 2.45) is 0 Å². The molecule has 0 unspecified atom stereocenters. The maximum Gasteiger partial charge on any atom is 0.254 e. The van der Waals surface area contributed by atoms with Crippen molar-refractivity contribution >= 4 is 32.6 Å². The highest BCUT2D eigenvalue weighted by Gasteiger charge is 2.23. The Morgan fingerprint density at radius 1 is 1.11 bits per heavy atom. The summed E-state index contributed by atoms with van der Waals surface area (Å²) in [6.07, 6.45) is 3.88. The van der Waals surface area contributed by atoms with Crippen molar-refractivity contribution in [1.29, 1.82) is 0 Å². The van der Waals surface area contributed by atoms with Crippen LogP contribution in [0.1, 0.15) is 10.4 Å². The topological polar surface area (TPSA) is 48.9 Å². The van der Waals surface area contributed by atoms with Gasteiger partial charge in [-0.25, -0.2) is 4.98 Å². The number of aromatic nitrogens is 1. The predicted molar refractivity (Wildman–Crippen MR) is 114 cm³/mol. The molecule has 28 heavy (non-hydrogen) atoms. The number of anilines is 1. The van der Waals surface area contributed by atoms with Crippen LogP contribution in [0.3, 0.4) is 0 Å². The molecule has 4 rings (SSSR count). The van der Waals surface area contributed by atoms with Gasteiger partial charge in [0, 0.05) is 50.9 Å². The zero-order valence-corrected chi connectivity index (χ0v) is 16.9. The van der Waals surface area contributed by atoms with E-state index in [0.29, 0.717) is 26.3 Å². The number of morpholine rings is 1. The Bertz CT molecular complexity index is 858. The number of hydrogen-bond acceptors (Lipinski definition) is 6. The lowest BCUT2D eigenvalue weighted by Gasteiger charge is -2.37. The van der Waals surface area contributed by atoms with Gasteiger partial charge in [0.1, 0.15) is 0 Å². The lowest BCUT2D eigenvalue weighted by molar-refractivity contribution is 0.0303. The largest absolute Gasteiger partial charge is 0.378 e. The van der Waals surface area contributed by atoms with Gasteiger partial charge < -0.3 is 14.5 Å². The van der Waals surface area contributed by atoms with Gasteiger partial charge in [0.25, 0.3) is 5.91 Å². The molecule has 2 saturated heterocycles. The average Bonchev–Trinajstić information content (AvgIpc) is 3.18. The summed E-state index contributed by atoms with van der Waals surface area (Å²) in [5.41, 5.74) is 1.69. The van der Waals surface area contributed by atoms with E-state index in [0.717, 1.165) is 47.1 Å². The van der Waals surface area contributed by atoms with Crippen molar-refractivity contribution in [1.82, 2.24) is 14.8 Å². The van der Waals surface area contributed by atoms with Crippen LogP contribution in [0, 0.1) is 0 Å². The average molecular weight is 399 g/mol. The third-order valence-electron chi connectivity index (χ3n) is 5.41. The first kappa shape index (κ1) is 19.1. The summed E-state index contributed by atoms with van der Waals surface area (Å²) >= 11 is 1.66. The normalized spacial score (nSPS) is 18.6. The molecule has 0 radical (unpaired) electrons. The van der Waals surface area contributed by atoms with Crippen LogP contribution in [-0.2, 0) is 4.74 Å². The van der Waals surface area contributed by atoms with E-state index in [1.807, 2.05) is 35.3 Å². The Morgan fingerprint density at radius 3 is 2.50 bits per heavy atom. The van der Waals surface area contributed by atoms with Crippen molar-refractivity contribution < 1.29 is 9.53 Å². The van der Waals surface area contributed by atoms with Gasteiger partial charge in [-0.2, -0.15) is 0 Å². The van der Waals surface area contributed by atoms with E-state index in [1.54, 1.807) is 11.3 Å². The summed E-state index contributed by atoms with van der Waals surface area (Å²) in [4.78, 5) is 24.1. The Labute approximate surface area is 169 Å². The zero-order valence-electron chi connectivity index (χ0n) is 16.0. The lowest BCUT2D eigenvalue weighted by Crippen LogP contribution is -2.49. The minimum Gasteiger partial charge on any atom is -0.378 e. The number of hydrogen-bond donors (Lipinski definition) is 0. The van der Waals surface area contributed by atoms with Crippen LogP contribution >= 0.6 is 11.3 Å². The van der Waals surface area contributed by atoms with Crippen molar-refractivity contribution in [3.8, 4) is 0 Å². The number of benzene rings is 1. The molecular weight excluding hydrogens is 372 g/mol. The molecule has 6 nitrogen and oxygen atoms in total. The van der Waals surface area contributed by atoms with E-state index < -0.39 is 0 Å². The van der Waals surface area contributed by atoms with Crippen molar-refractivity contribution in [3.63, 3.8) is 0 Å². The number of fused-ring (bicyclic) bond motifs is 1. The van der Waals surface area contributed by atoms with Gasteiger partial charge in [-0.15, -0.1) is 13.2 Å². The van der Waals surface area contributed by atoms with Gasteiger partial charge >= 0.3 is 0 Å². The van der Waals surface area contributed by atoms with E-state index >= 15 is 0 Å². The quantitative estimate of drug-likeness (QED) is 0.725. The van der Waals surface area contributed by atoms with Gasteiger partial charge in [0.05, 0.1) is 23.4 Å². The number of rotatable bonds is 5. The molecule has 0 spiro atoms. The molecule has 0 bridgehead atoms. The van der Waals surface area contributed by atoms with Gasteiger partial charge in [-0.1, -0.05) is 23.5 Å². The second kappa shape index (κ2) is 8.43. The zero-order chi connectivity index (χ0) is 19.5. The lowest BCUT2D eigenvalue weighted by atomic mass is 10.2. The smallest absolute Gasteiger partial charge is 0.254 e. The summed E-state index contributed by atoms with van der Waals surface area (Å²) < 4.78 is 6.40. The number of thiazole rings is 1. The predicted octanol–water partition coefficient (Wildman–Crippen LogP) is 2.63. The maximum atomic E-state index is 12.7. The van der Waals surface area contributed by atoms with Gasteiger partial charge in [0.2, 0.25) is 0 Å². The maximum absolute atomic E-state index is 12.7. The number of amides is 1. The molecule has 0 atom stereocenters. The molecule has 2 aliphatic heterocycles. The third-order valence-corrected chi connectivity index (χ3v) is 6.49. The summed E-state index contributed by atoms with van der Waals surface area (Å²) in [6.45, 7) is 14.1. The van der Waals surface area contributed by atoms with Crippen LogP contribution in [0.2, 0.25) is 0 Å². The highest BCUT2D eigenvalue weighted by Crippen LogP contribution is 2.30. The minimum atomic E-state index is 0.0775. The van der Waals surface area contributed by atoms with Gasteiger partial charge in [0.15, 0.2) is 5.13 Å². The van der Waals surface area contributed by atoms with Crippen LogP contribution in [0.25, 0.3) is 10.2 Å². The SMILES string of the molecule is C=CC(C=C)N1CCN(c2nc3ccc(C(=O)N4CCOCC4)cc3s2)CC1. The monoisotopic (exact) mass is 398 g/mol. The molecule has 3 heterocycles. The fourth-order valence-electron chi connectivity index (χ4n) is 3.74. The summed E-state index contributed by atoms with van der Waals surface area (Å²) in [7, 11) is 0. The second-order valence-electron chi connectivity index (χ2n) is 7.07. The van der Waals surface area contributed by atoms with E-state index in [-0.39, 0.29) is 11.9 Å². The molecular formula is C21H26N4O2S. The molecule has 0 N–H and O–H groups in total. The van der Waals surface area contributed by atoms with Crippen LogP contribution < -0.4 is 4.90 Å². The molecule has 1 aromatic heterocycles. The Balaban J connectivity index is 1.47. The molecule has 2 aliphatic rings. The number of piperazine rings is 1. The van der Waals surface area contributed by atoms with Gasteiger partial charge in [-0.3, -0.25) is 9.69 Å². The highest BCUT2D eigenvalue weighted by molar-refractivity contribution is 7.22. The van der Waals surface area contributed by atoms with E-state index in [1.165, 1.54) is 0 Å². The van der Waals surface area contributed by atoms with Crippen molar-refractivity contribution in [2.75, 3.05) is 57.4 Å². The van der Waals surface area contributed by atoms with Crippen molar-refractivity contribution in [2.45, 2.75) is 6.04 Å². The fraction of sp³-hybridized carbons (Fsp3) is 0.429. The Hall–Kier alpha value is -2.22. The summed E-state index contributed by atoms with van der Waals surface area (Å²) in [5.74, 6) is 0.0775. The minimum absolute atomic E-state index is 0.0775. The first-order chi connectivity index (χ1) is 13.7. The Kier molecular flexibility index (Phi) is 5.75. The van der Waals surface area contributed by atoms with E-state index in [2.05, 4.69) is 23.0 Å². The molecule has 2 fully saturated rings. The molecule has 1 amide bonds. The fourth-order valence-corrected chi connectivity index (χ4v) is 4.79. The number of nitrogens with zero attached hydrogens (tertiary/aromatic N) is 4. The van der Waals surface area contributed by atoms with Crippen LogP contribution in [0.15, 0.2) is 43.5 Å². The molecule has 7 heteroatoms. The Morgan fingerprint density at radius 2 is 1.82 bits per heavy atom. The third kappa shape index (κ3) is 3.83. The van der Waals surface area contributed by atoms with Gasteiger partial charge in [-0.05, 0) is 18.2 Å². The molecule has 1 aromatic carbocycles. The number of carbonyl (C=O) groups is 1.